The number of hydrogen-bond acceptors (Lipinski definition) is 3. The third-order valence-corrected chi connectivity index (χ3v) is 2.38. The second-order valence-corrected chi connectivity index (χ2v) is 3.26. The summed E-state index contributed by atoms with van der Waals surface area (Å²) in [5.41, 5.74) is 0. The van der Waals surface area contributed by atoms with Crippen LogP contribution in [0.5, 0.6) is 0 Å². The van der Waals surface area contributed by atoms with Crippen LogP contribution in [0.4, 0.5) is 10.2 Å². The van der Waals surface area contributed by atoms with Crippen LogP contribution in [0, 0.1) is 5.82 Å². The molecule has 2 heterocycles. The van der Waals surface area contributed by atoms with Gasteiger partial charge in [0.15, 0.2) is 0 Å². The van der Waals surface area contributed by atoms with E-state index in [0.717, 1.165) is 18.9 Å². The lowest BCUT2D eigenvalue weighted by atomic mass is 10.1. The average Bonchev–Trinajstić information content (AvgIpc) is 2.02. The van der Waals surface area contributed by atoms with Crippen molar-refractivity contribution in [1.82, 2.24) is 10.3 Å². The molecule has 0 spiro atoms. The van der Waals surface area contributed by atoms with Gasteiger partial charge in [-0.15, -0.1) is 0 Å². The highest BCUT2D eigenvalue weighted by Crippen LogP contribution is 2.13. The number of halogens is 1. The third-order valence-electron chi connectivity index (χ3n) is 2.38. The van der Waals surface area contributed by atoms with E-state index < -0.39 is 0 Å². The van der Waals surface area contributed by atoms with E-state index >= 15 is 0 Å². The molecule has 0 bridgehead atoms. The smallest absolute Gasteiger partial charge is 0.141 e. The van der Waals surface area contributed by atoms with E-state index in [1.807, 2.05) is 7.05 Å². The number of likely N-dealkylation sites (N-methyl/N-ethyl adjacent to an activating group) is 1. The van der Waals surface area contributed by atoms with Gasteiger partial charge in [0.2, 0.25) is 0 Å². The van der Waals surface area contributed by atoms with Gasteiger partial charge in [-0.05, 0) is 12.1 Å². The Morgan fingerprint density at radius 3 is 2.77 bits per heavy atom. The van der Waals surface area contributed by atoms with Crippen molar-refractivity contribution in [3.8, 4) is 0 Å². The number of anilines is 1. The van der Waals surface area contributed by atoms with Crippen LogP contribution in [0.25, 0.3) is 0 Å². The van der Waals surface area contributed by atoms with Crippen LogP contribution in [0.2, 0.25) is 0 Å². The molecule has 1 aliphatic rings. The number of hydrogen-bond donors (Lipinski definition) is 1. The number of pyridine rings is 1. The number of rotatable bonds is 2. The molecule has 1 N–H and O–H groups in total. The van der Waals surface area contributed by atoms with E-state index in [-0.39, 0.29) is 5.82 Å². The molecular weight excluding hydrogens is 169 g/mol. The minimum absolute atomic E-state index is 0.288. The molecule has 0 aliphatic carbocycles. The lowest BCUT2D eigenvalue weighted by Crippen LogP contribution is -2.56. The molecule has 0 aromatic carbocycles. The summed E-state index contributed by atoms with van der Waals surface area (Å²) in [5, 5.41) is 3.18. The summed E-state index contributed by atoms with van der Waals surface area (Å²) in [5.74, 6) is 0.539. The molecule has 3 nitrogen and oxygen atoms in total. The third kappa shape index (κ3) is 1.62. The molecule has 1 aromatic rings. The highest BCUT2D eigenvalue weighted by atomic mass is 19.1. The molecule has 70 valence electrons. The van der Waals surface area contributed by atoms with Gasteiger partial charge in [0.25, 0.3) is 0 Å². The van der Waals surface area contributed by atoms with Gasteiger partial charge in [0, 0.05) is 20.1 Å². The maximum Gasteiger partial charge on any atom is 0.141 e. The summed E-state index contributed by atoms with van der Waals surface area (Å²) >= 11 is 0. The summed E-state index contributed by atoms with van der Waals surface area (Å²) in [6.07, 6.45) is 1.25. The van der Waals surface area contributed by atoms with Crippen molar-refractivity contribution < 1.29 is 4.39 Å². The lowest BCUT2D eigenvalue weighted by Gasteiger charge is -2.36. The highest BCUT2D eigenvalue weighted by molar-refractivity contribution is 5.39. The standard InChI is InChI=1S/C9H12FN3/c1-13(8-5-11-6-8)9-3-2-7(10)4-12-9/h2-4,8,11H,5-6H2,1H3. The van der Waals surface area contributed by atoms with E-state index in [9.17, 15) is 4.39 Å². The van der Waals surface area contributed by atoms with Crippen LogP contribution >= 0.6 is 0 Å². The van der Waals surface area contributed by atoms with Crippen molar-refractivity contribution in [2.45, 2.75) is 6.04 Å². The van der Waals surface area contributed by atoms with Crippen LogP contribution in [0.1, 0.15) is 0 Å². The second-order valence-electron chi connectivity index (χ2n) is 3.26. The Morgan fingerprint density at radius 2 is 2.31 bits per heavy atom. The minimum atomic E-state index is -0.288. The molecule has 0 radical (unpaired) electrons. The summed E-state index contributed by atoms with van der Waals surface area (Å²) in [4.78, 5) is 6.07. The Bertz CT molecular complexity index is 281. The predicted molar refractivity (Wildman–Crippen MR) is 49.3 cm³/mol. The fourth-order valence-electron chi connectivity index (χ4n) is 1.31. The summed E-state index contributed by atoms with van der Waals surface area (Å²) in [6.45, 7) is 1.96. The van der Waals surface area contributed by atoms with Crippen LogP contribution in [0.3, 0.4) is 0 Å². The molecule has 1 aromatic heterocycles. The molecule has 0 saturated carbocycles. The largest absolute Gasteiger partial charge is 0.354 e. The quantitative estimate of drug-likeness (QED) is 0.725. The van der Waals surface area contributed by atoms with Crippen molar-refractivity contribution in [3.05, 3.63) is 24.1 Å². The molecule has 0 amide bonds. The maximum atomic E-state index is 12.6. The van der Waals surface area contributed by atoms with Gasteiger partial charge in [0.1, 0.15) is 11.6 Å². The zero-order valence-corrected chi connectivity index (χ0v) is 7.50. The number of nitrogens with zero attached hydrogens (tertiary/aromatic N) is 2. The molecular formula is C9H12FN3. The Hall–Kier alpha value is -1.16. The first-order valence-corrected chi connectivity index (χ1v) is 4.32. The van der Waals surface area contributed by atoms with Crippen molar-refractivity contribution in [2.24, 2.45) is 0 Å². The zero-order valence-electron chi connectivity index (χ0n) is 7.50. The molecule has 0 atom stereocenters. The fraction of sp³-hybridized carbons (Fsp3) is 0.444. The van der Waals surface area contributed by atoms with Crippen LogP contribution in [-0.4, -0.2) is 31.2 Å². The van der Waals surface area contributed by atoms with Gasteiger partial charge >= 0.3 is 0 Å². The predicted octanol–water partition coefficient (Wildman–Crippen LogP) is 0.629. The molecule has 2 rings (SSSR count). The van der Waals surface area contributed by atoms with Gasteiger partial charge in [-0.2, -0.15) is 0 Å². The summed E-state index contributed by atoms with van der Waals surface area (Å²) in [6, 6.07) is 3.64. The van der Waals surface area contributed by atoms with Crippen molar-refractivity contribution in [2.75, 3.05) is 25.0 Å². The SMILES string of the molecule is CN(c1ccc(F)cn1)C1CNC1. The first-order valence-electron chi connectivity index (χ1n) is 4.32. The van der Waals surface area contributed by atoms with Crippen molar-refractivity contribution in [1.29, 1.82) is 0 Å². The number of aromatic nitrogens is 1. The highest BCUT2D eigenvalue weighted by Gasteiger charge is 2.22. The average molecular weight is 181 g/mol. The number of nitrogens with one attached hydrogen (secondary N) is 1. The Kier molecular flexibility index (Phi) is 2.14. The van der Waals surface area contributed by atoms with E-state index in [4.69, 9.17) is 0 Å². The van der Waals surface area contributed by atoms with Gasteiger partial charge in [0.05, 0.1) is 12.2 Å². The van der Waals surface area contributed by atoms with Gasteiger partial charge in [-0.3, -0.25) is 0 Å². The van der Waals surface area contributed by atoms with Crippen LogP contribution < -0.4 is 10.2 Å². The molecule has 1 fully saturated rings. The zero-order chi connectivity index (χ0) is 9.26. The van der Waals surface area contributed by atoms with Gasteiger partial charge < -0.3 is 10.2 Å². The molecule has 0 unspecified atom stereocenters. The Balaban J connectivity index is 2.10. The van der Waals surface area contributed by atoms with E-state index in [1.165, 1.54) is 12.3 Å². The topological polar surface area (TPSA) is 28.2 Å². The van der Waals surface area contributed by atoms with Gasteiger partial charge in [-0.1, -0.05) is 0 Å². The first kappa shape index (κ1) is 8.44. The first-order chi connectivity index (χ1) is 6.27. The molecule has 1 aliphatic heterocycles. The lowest BCUT2D eigenvalue weighted by molar-refractivity contribution is 0.426. The summed E-state index contributed by atoms with van der Waals surface area (Å²) < 4.78 is 12.6. The molecule has 4 heteroatoms. The van der Waals surface area contributed by atoms with Crippen LogP contribution in [-0.2, 0) is 0 Å². The minimum Gasteiger partial charge on any atom is -0.354 e. The van der Waals surface area contributed by atoms with Gasteiger partial charge in [-0.25, -0.2) is 9.37 Å². The van der Waals surface area contributed by atoms with Crippen molar-refractivity contribution >= 4 is 5.82 Å². The van der Waals surface area contributed by atoms with E-state index in [1.54, 1.807) is 6.07 Å². The Morgan fingerprint density at radius 1 is 1.54 bits per heavy atom. The normalized spacial score (nSPS) is 16.8. The maximum absolute atomic E-state index is 12.6. The van der Waals surface area contributed by atoms with Crippen LogP contribution in [0.15, 0.2) is 18.3 Å². The second kappa shape index (κ2) is 3.30. The summed E-state index contributed by atoms with van der Waals surface area (Å²) in [7, 11) is 1.98. The monoisotopic (exact) mass is 181 g/mol. The fourth-order valence-corrected chi connectivity index (χ4v) is 1.31. The molecule has 1 saturated heterocycles. The van der Waals surface area contributed by atoms with E-state index in [0.29, 0.717) is 6.04 Å². The molecule has 13 heavy (non-hydrogen) atoms. The Labute approximate surface area is 76.6 Å². The van der Waals surface area contributed by atoms with E-state index in [2.05, 4.69) is 15.2 Å². The van der Waals surface area contributed by atoms with Crippen molar-refractivity contribution in [3.63, 3.8) is 0 Å².